The van der Waals surface area contributed by atoms with Crippen LogP contribution < -0.4 is 0 Å². The molecule has 2 rings (SSSR count). The number of allylic oxidation sites excluding steroid dienone is 2. The Labute approximate surface area is 334 Å². The highest BCUT2D eigenvalue weighted by Crippen LogP contribution is 2.37. The lowest BCUT2D eigenvalue weighted by Crippen LogP contribution is -2.04. The summed E-state index contributed by atoms with van der Waals surface area (Å²) < 4.78 is 0. The predicted octanol–water partition coefficient (Wildman–Crippen LogP) is 16.4. The number of nitrogens with zero attached hydrogens (tertiary/aromatic N) is 2. The average Bonchev–Trinajstić information content (AvgIpc) is 3.19. The van der Waals surface area contributed by atoms with E-state index in [-0.39, 0.29) is 0 Å². The van der Waals surface area contributed by atoms with Gasteiger partial charge in [0.2, 0.25) is 0 Å². The van der Waals surface area contributed by atoms with Gasteiger partial charge in [-0.25, -0.2) is 0 Å². The van der Waals surface area contributed by atoms with Crippen LogP contribution in [0.15, 0.2) is 59.7 Å². The molecule has 0 aliphatic rings. The van der Waals surface area contributed by atoms with E-state index in [1.807, 2.05) is 0 Å². The summed E-state index contributed by atoms with van der Waals surface area (Å²) in [5, 5.41) is 0. The van der Waals surface area contributed by atoms with E-state index < -0.39 is 0 Å². The molecule has 0 heterocycles. The molecule has 0 unspecified atom stereocenters. The van der Waals surface area contributed by atoms with Crippen LogP contribution in [0.2, 0.25) is 0 Å². The quantitative estimate of drug-likeness (QED) is 0.0179. The first-order valence-corrected chi connectivity index (χ1v) is 23.0. The van der Waals surface area contributed by atoms with E-state index in [4.69, 9.17) is 0 Å². The summed E-state index contributed by atoms with van der Waals surface area (Å²) in [6.45, 7) is 9.07. The Kier molecular flexibility index (Phi) is 29.0. The van der Waals surface area contributed by atoms with Crippen molar-refractivity contribution in [2.24, 2.45) is 0 Å². The van der Waals surface area contributed by atoms with Crippen LogP contribution in [0.1, 0.15) is 230 Å². The molecule has 2 aromatic rings. The monoisotopic (exact) mass is 733 g/mol. The van der Waals surface area contributed by atoms with Gasteiger partial charge in [-0.2, -0.15) is 0 Å². The standard InChI is InChI=1S/C52H80N2/c1-5-9-13-15-17-18-19-20-21-22-23-24-25-26-27-28-30-32-39-47-40-33-34-43-50(47)52(51(42-12-8-4)49(45-54-53)38-11-7-3)48-41-35-37-46(44-48)36-31-29-16-14-10-6-2/h33-35,37,40-41,43-44H,5-27,29,31-32,36,38-39,42H2,1-4H3. The molecule has 0 radical (unpaired) electrons. The highest BCUT2D eigenvalue weighted by molar-refractivity contribution is 5.88. The predicted molar refractivity (Wildman–Crippen MR) is 238 cm³/mol. The lowest BCUT2D eigenvalue weighted by atomic mass is 9.83. The van der Waals surface area contributed by atoms with Crippen molar-refractivity contribution in [1.82, 2.24) is 0 Å². The topological polar surface area (TPSA) is 36.4 Å². The van der Waals surface area contributed by atoms with Crippen LogP contribution in [0.5, 0.6) is 0 Å². The second-order valence-corrected chi connectivity index (χ2v) is 15.8. The Morgan fingerprint density at radius 3 is 1.67 bits per heavy atom. The number of hydrogen-bond donors (Lipinski definition) is 0. The van der Waals surface area contributed by atoms with Crippen LogP contribution in [-0.4, -0.2) is 10.7 Å². The molecule has 0 saturated carbocycles. The third-order valence-electron chi connectivity index (χ3n) is 11.0. The smallest absolute Gasteiger partial charge is 0.303 e. The molecule has 0 aliphatic heterocycles. The fourth-order valence-electron chi connectivity index (χ4n) is 7.72. The Hall–Kier alpha value is -3.10. The van der Waals surface area contributed by atoms with Crippen LogP contribution in [0, 0.1) is 11.8 Å². The third-order valence-corrected chi connectivity index (χ3v) is 11.0. The van der Waals surface area contributed by atoms with E-state index in [1.165, 1.54) is 162 Å². The van der Waals surface area contributed by atoms with Gasteiger partial charge in [-0.05, 0) is 84.8 Å². The van der Waals surface area contributed by atoms with E-state index in [2.05, 4.69) is 98.7 Å². The van der Waals surface area contributed by atoms with Gasteiger partial charge in [-0.1, -0.05) is 205 Å². The fraction of sp³-hybridized carbons (Fsp3) is 0.654. The molecular weight excluding hydrogens is 653 g/mol. The lowest BCUT2D eigenvalue weighted by Gasteiger charge is -2.20. The highest BCUT2D eigenvalue weighted by Gasteiger charge is 2.20. The Morgan fingerprint density at radius 1 is 0.519 bits per heavy atom. The minimum atomic E-state index is 0.869. The number of hydrogen-bond acceptors (Lipinski definition) is 0. The SMILES string of the molecule is CCCCCCCCCCCCCCCCC#CCCc1ccccc1C(=C(CCCC)C(=C=[N+]=[N-])CCCC)c1cccc(CCCCCCCC)c1. The second-order valence-electron chi connectivity index (χ2n) is 15.8. The molecular formula is C52H80N2. The van der Waals surface area contributed by atoms with Crippen LogP contribution in [0.4, 0.5) is 0 Å². The molecule has 0 spiro atoms. The lowest BCUT2D eigenvalue weighted by molar-refractivity contribution is 0.00739. The highest BCUT2D eigenvalue weighted by atomic mass is 14.8. The van der Waals surface area contributed by atoms with Gasteiger partial charge in [0.1, 0.15) is 0 Å². The van der Waals surface area contributed by atoms with Crippen molar-refractivity contribution < 1.29 is 4.79 Å². The zero-order valence-corrected chi connectivity index (χ0v) is 35.7. The molecule has 0 aromatic heterocycles. The maximum absolute atomic E-state index is 9.78. The maximum atomic E-state index is 9.78. The maximum Gasteiger partial charge on any atom is 0.303 e. The first kappa shape index (κ1) is 47.1. The first-order valence-electron chi connectivity index (χ1n) is 23.0. The number of unbranched alkanes of at least 4 members (excludes halogenated alkanes) is 21. The summed E-state index contributed by atoms with van der Waals surface area (Å²) in [4.78, 5) is 3.49. The first-order chi connectivity index (χ1) is 26.7. The zero-order valence-electron chi connectivity index (χ0n) is 35.7. The van der Waals surface area contributed by atoms with Crippen molar-refractivity contribution in [1.29, 1.82) is 0 Å². The second kappa shape index (κ2) is 33.3. The summed E-state index contributed by atoms with van der Waals surface area (Å²) in [5.74, 6) is 10.1. The van der Waals surface area contributed by atoms with E-state index in [0.29, 0.717) is 0 Å². The minimum absolute atomic E-state index is 0.869. The third kappa shape index (κ3) is 21.1. The molecule has 0 atom stereocenters. The average molecular weight is 733 g/mol. The summed E-state index contributed by atoms with van der Waals surface area (Å²) in [6.07, 6.45) is 37.5. The molecule has 0 amide bonds. The molecule has 0 bridgehead atoms. The minimum Gasteiger partial charge on any atom is -0.348 e. The van der Waals surface area contributed by atoms with E-state index in [1.54, 1.807) is 0 Å². The van der Waals surface area contributed by atoms with E-state index in [0.717, 1.165) is 69.8 Å². The Bertz CT molecular complexity index is 1420. The van der Waals surface area contributed by atoms with Gasteiger partial charge in [0.15, 0.2) is 0 Å². The van der Waals surface area contributed by atoms with Crippen molar-refractivity contribution in [2.45, 2.75) is 220 Å². The van der Waals surface area contributed by atoms with Gasteiger partial charge in [0.25, 0.3) is 0 Å². The van der Waals surface area contributed by atoms with Crippen LogP contribution in [0.3, 0.4) is 0 Å². The van der Waals surface area contributed by atoms with Gasteiger partial charge in [-0.3, -0.25) is 0 Å². The van der Waals surface area contributed by atoms with E-state index in [9.17, 15) is 5.53 Å². The number of benzene rings is 2. The van der Waals surface area contributed by atoms with Crippen molar-refractivity contribution in [3.05, 3.63) is 87.5 Å². The van der Waals surface area contributed by atoms with Gasteiger partial charge >= 0.3 is 5.87 Å². The van der Waals surface area contributed by atoms with Crippen molar-refractivity contribution in [3.8, 4) is 11.8 Å². The van der Waals surface area contributed by atoms with Crippen molar-refractivity contribution in [3.63, 3.8) is 0 Å². The number of rotatable bonds is 32. The van der Waals surface area contributed by atoms with Crippen LogP contribution in [0.25, 0.3) is 11.1 Å². The van der Waals surface area contributed by atoms with Crippen LogP contribution in [-0.2, 0) is 12.8 Å². The van der Waals surface area contributed by atoms with Gasteiger partial charge in [-0.15, -0.1) is 16.6 Å². The van der Waals surface area contributed by atoms with E-state index >= 15 is 0 Å². The van der Waals surface area contributed by atoms with Crippen LogP contribution >= 0.6 is 0 Å². The largest absolute Gasteiger partial charge is 0.348 e. The Morgan fingerprint density at radius 2 is 1.06 bits per heavy atom. The summed E-state index contributed by atoms with van der Waals surface area (Å²) in [7, 11) is 0. The van der Waals surface area contributed by atoms with Crippen molar-refractivity contribution in [2.75, 3.05) is 0 Å². The van der Waals surface area contributed by atoms with Gasteiger partial charge in [0.05, 0.1) is 5.57 Å². The van der Waals surface area contributed by atoms with Gasteiger partial charge < -0.3 is 5.53 Å². The molecule has 0 N–H and O–H groups in total. The van der Waals surface area contributed by atoms with Gasteiger partial charge in [0, 0.05) is 12.8 Å². The Balaban J connectivity index is 2.12. The number of aryl methyl sites for hydroxylation is 2. The summed E-state index contributed by atoms with van der Waals surface area (Å²) >= 11 is 0. The molecule has 298 valence electrons. The summed E-state index contributed by atoms with van der Waals surface area (Å²) in [5.41, 5.74) is 18.7. The molecule has 2 heteroatoms. The molecule has 0 fully saturated rings. The molecule has 0 saturated heterocycles. The molecule has 2 nitrogen and oxygen atoms in total. The fourth-order valence-corrected chi connectivity index (χ4v) is 7.72. The molecule has 2 aromatic carbocycles. The summed E-state index contributed by atoms with van der Waals surface area (Å²) in [6, 6.07) is 18.3. The van der Waals surface area contributed by atoms with Crippen molar-refractivity contribution >= 4 is 11.4 Å². The molecule has 0 aliphatic carbocycles. The normalized spacial score (nSPS) is 11.4. The molecule has 54 heavy (non-hydrogen) atoms. The zero-order chi connectivity index (χ0) is 38.7.